The van der Waals surface area contributed by atoms with E-state index in [0.29, 0.717) is 0 Å². The first kappa shape index (κ1) is 10.8. The summed E-state index contributed by atoms with van der Waals surface area (Å²) in [6, 6.07) is 1.83. The summed E-state index contributed by atoms with van der Waals surface area (Å²) >= 11 is 0. The summed E-state index contributed by atoms with van der Waals surface area (Å²) < 4.78 is 0. The first-order valence-electron chi connectivity index (χ1n) is 7.59. The first-order valence-corrected chi connectivity index (χ1v) is 7.59. The molecule has 0 spiro atoms. The van der Waals surface area contributed by atoms with Crippen LogP contribution in [0.2, 0.25) is 0 Å². The number of nitrogens with zero attached hydrogens (tertiary/aromatic N) is 3. The average molecular weight is 235 g/mol. The van der Waals surface area contributed by atoms with Crippen molar-refractivity contribution in [1.29, 1.82) is 0 Å². The smallest absolute Gasteiger partial charge is 0.0512 e. The standard InChI is InChI=1S/C14H25N3/c1-3-12-7-13(8-12)16(5-1)11-17-6-2-4-15-9-14(17)10-15/h12-14H,1-11H2. The molecule has 6 fully saturated rings. The van der Waals surface area contributed by atoms with Gasteiger partial charge in [-0.1, -0.05) is 0 Å². The Labute approximate surface area is 105 Å². The number of hydrogen-bond donors (Lipinski definition) is 0. The van der Waals surface area contributed by atoms with E-state index in [1.807, 2.05) is 0 Å². The van der Waals surface area contributed by atoms with Gasteiger partial charge < -0.3 is 4.90 Å². The largest absolute Gasteiger partial charge is 0.300 e. The Morgan fingerprint density at radius 3 is 2.47 bits per heavy atom. The number of fused-ring (bicyclic) bond motifs is 6. The normalized spacial score (nSPS) is 46.6. The predicted molar refractivity (Wildman–Crippen MR) is 68.9 cm³/mol. The van der Waals surface area contributed by atoms with Gasteiger partial charge in [0.1, 0.15) is 0 Å². The summed E-state index contributed by atoms with van der Waals surface area (Å²) in [4.78, 5) is 8.20. The van der Waals surface area contributed by atoms with E-state index in [0.717, 1.165) is 18.0 Å². The van der Waals surface area contributed by atoms with Crippen molar-refractivity contribution in [3.63, 3.8) is 0 Å². The number of hydrogen-bond acceptors (Lipinski definition) is 3. The van der Waals surface area contributed by atoms with Gasteiger partial charge in [-0.15, -0.1) is 0 Å². The second kappa shape index (κ2) is 4.22. The Hall–Kier alpha value is -0.120. The van der Waals surface area contributed by atoms with E-state index in [2.05, 4.69) is 14.7 Å². The van der Waals surface area contributed by atoms with Gasteiger partial charge >= 0.3 is 0 Å². The average Bonchev–Trinajstić information content (AvgIpc) is 2.63. The van der Waals surface area contributed by atoms with Gasteiger partial charge in [0, 0.05) is 31.7 Å². The summed E-state index contributed by atoms with van der Waals surface area (Å²) in [5, 5.41) is 0. The zero-order valence-electron chi connectivity index (χ0n) is 10.9. The molecule has 0 aromatic carbocycles. The van der Waals surface area contributed by atoms with Gasteiger partial charge in [0.2, 0.25) is 0 Å². The van der Waals surface area contributed by atoms with Crippen molar-refractivity contribution in [3.05, 3.63) is 0 Å². The molecule has 5 saturated heterocycles. The Morgan fingerprint density at radius 1 is 0.824 bits per heavy atom. The Morgan fingerprint density at radius 2 is 1.59 bits per heavy atom. The molecule has 0 aromatic rings. The van der Waals surface area contributed by atoms with E-state index < -0.39 is 0 Å². The SMILES string of the molecule is C1CC2CC(C2)N(CN2CCCN3CC2C3)C1. The zero-order chi connectivity index (χ0) is 11.2. The third-order valence-corrected chi connectivity index (χ3v) is 5.52. The minimum Gasteiger partial charge on any atom is -0.300 e. The van der Waals surface area contributed by atoms with Crippen LogP contribution in [-0.4, -0.2) is 66.2 Å². The fourth-order valence-corrected chi connectivity index (χ4v) is 4.24. The quantitative estimate of drug-likeness (QED) is 0.712. The van der Waals surface area contributed by atoms with Gasteiger partial charge in [-0.25, -0.2) is 0 Å². The Bertz CT molecular complexity index is 253. The molecule has 0 aromatic heterocycles. The zero-order valence-corrected chi connectivity index (χ0v) is 10.9. The maximum Gasteiger partial charge on any atom is 0.0512 e. The summed E-state index contributed by atoms with van der Waals surface area (Å²) in [6.45, 7) is 8.03. The molecule has 3 heteroatoms. The molecule has 17 heavy (non-hydrogen) atoms. The summed E-state index contributed by atoms with van der Waals surface area (Å²) in [5.74, 6) is 1.09. The molecule has 0 unspecified atom stereocenters. The van der Waals surface area contributed by atoms with Crippen molar-refractivity contribution >= 4 is 0 Å². The van der Waals surface area contributed by atoms with Crippen LogP contribution in [-0.2, 0) is 0 Å². The maximum atomic E-state index is 2.80. The molecular formula is C14H25N3. The fraction of sp³-hybridized carbons (Fsp3) is 1.00. The van der Waals surface area contributed by atoms with Crippen LogP contribution in [0, 0.1) is 5.92 Å². The first-order chi connectivity index (χ1) is 8.38. The van der Waals surface area contributed by atoms with Crippen molar-refractivity contribution in [2.75, 3.05) is 39.4 Å². The molecule has 0 amide bonds. The molecule has 0 N–H and O–H groups in total. The van der Waals surface area contributed by atoms with Gasteiger partial charge in [0.05, 0.1) is 6.67 Å². The predicted octanol–water partition coefficient (Wildman–Crippen LogP) is 1.21. The van der Waals surface area contributed by atoms with E-state index in [9.17, 15) is 0 Å². The van der Waals surface area contributed by atoms with Crippen LogP contribution in [0.25, 0.3) is 0 Å². The highest BCUT2D eigenvalue weighted by Gasteiger charge is 2.39. The summed E-state index contributed by atoms with van der Waals surface area (Å²) in [5.41, 5.74) is 0. The molecule has 1 saturated carbocycles. The minimum absolute atomic E-state index is 0.886. The third-order valence-electron chi connectivity index (χ3n) is 5.52. The maximum absolute atomic E-state index is 2.80. The molecule has 5 heterocycles. The molecule has 5 aliphatic heterocycles. The highest BCUT2D eigenvalue weighted by Crippen LogP contribution is 2.38. The van der Waals surface area contributed by atoms with Crippen LogP contribution < -0.4 is 0 Å². The van der Waals surface area contributed by atoms with E-state index in [1.165, 1.54) is 71.5 Å². The molecule has 96 valence electrons. The molecule has 4 bridgehead atoms. The van der Waals surface area contributed by atoms with Gasteiger partial charge in [0.25, 0.3) is 0 Å². The second-order valence-corrected chi connectivity index (χ2v) is 6.67. The fourth-order valence-electron chi connectivity index (χ4n) is 4.24. The van der Waals surface area contributed by atoms with Crippen molar-refractivity contribution in [1.82, 2.24) is 14.7 Å². The van der Waals surface area contributed by atoms with Crippen molar-refractivity contribution in [2.45, 2.75) is 44.2 Å². The highest BCUT2D eigenvalue weighted by molar-refractivity contribution is 4.94. The van der Waals surface area contributed by atoms with Crippen LogP contribution >= 0.6 is 0 Å². The van der Waals surface area contributed by atoms with Crippen LogP contribution in [0.5, 0.6) is 0 Å². The Balaban J connectivity index is 1.39. The molecule has 3 nitrogen and oxygen atoms in total. The molecule has 6 rings (SSSR count). The topological polar surface area (TPSA) is 9.72 Å². The molecule has 0 atom stereocenters. The van der Waals surface area contributed by atoms with Gasteiger partial charge in [-0.3, -0.25) is 9.80 Å². The molecular weight excluding hydrogens is 210 g/mol. The summed E-state index contributed by atoms with van der Waals surface area (Å²) in [7, 11) is 0. The van der Waals surface area contributed by atoms with Crippen LogP contribution in [0.3, 0.4) is 0 Å². The Kier molecular flexibility index (Phi) is 2.67. The van der Waals surface area contributed by atoms with E-state index in [1.54, 1.807) is 0 Å². The monoisotopic (exact) mass is 235 g/mol. The number of rotatable bonds is 2. The molecule has 1 aliphatic carbocycles. The van der Waals surface area contributed by atoms with Crippen molar-refractivity contribution in [3.8, 4) is 0 Å². The molecule has 6 aliphatic rings. The van der Waals surface area contributed by atoms with Gasteiger partial charge in [-0.2, -0.15) is 0 Å². The lowest BCUT2D eigenvalue weighted by atomic mass is 9.79. The molecule has 0 radical (unpaired) electrons. The summed E-state index contributed by atoms with van der Waals surface area (Å²) in [6.07, 6.45) is 7.35. The van der Waals surface area contributed by atoms with Crippen LogP contribution in [0.15, 0.2) is 0 Å². The third kappa shape index (κ3) is 1.92. The highest BCUT2D eigenvalue weighted by atomic mass is 15.4. The van der Waals surface area contributed by atoms with Gasteiger partial charge in [-0.05, 0) is 51.1 Å². The van der Waals surface area contributed by atoms with E-state index in [4.69, 9.17) is 0 Å². The van der Waals surface area contributed by atoms with Gasteiger partial charge in [0.15, 0.2) is 0 Å². The van der Waals surface area contributed by atoms with Crippen molar-refractivity contribution < 1.29 is 0 Å². The minimum atomic E-state index is 0.886. The van der Waals surface area contributed by atoms with Crippen LogP contribution in [0.4, 0.5) is 0 Å². The van der Waals surface area contributed by atoms with Crippen molar-refractivity contribution in [2.24, 2.45) is 5.92 Å². The van der Waals surface area contributed by atoms with Crippen LogP contribution in [0.1, 0.15) is 32.1 Å². The lowest BCUT2D eigenvalue weighted by Gasteiger charge is -2.46. The second-order valence-electron chi connectivity index (χ2n) is 6.67. The van der Waals surface area contributed by atoms with E-state index >= 15 is 0 Å². The lowest BCUT2D eigenvalue weighted by molar-refractivity contribution is 0.000363. The van der Waals surface area contributed by atoms with E-state index in [-0.39, 0.29) is 0 Å². The lowest BCUT2D eigenvalue weighted by Crippen LogP contribution is -2.59.